The number of methoxy groups -OCH3 is 1. The highest BCUT2D eigenvalue weighted by molar-refractivity contribution is 9.10. The highest BCUT2D eigenvalue weighted by atomic mass is 79.9. The minimum absolute atomic E-state index is 0.202. The van der Waals surface area contributed by atoms with Crippen molar-refractivity contribution in [3.63, 3.8) is 0 Å². The molecule has 106 valence electrons. The fourth-order valence-electron chi connectivity index (χ4n) is 1.96. The van der Waals surface area contributed by atoms with Gasteiger partial charge in [0.1, 0.15) is 0 Å². The Morgan fingerprint density at radius 3 is 2.50 bits per heavy atom. The van der Waals surface area contributed by atoms with Gasteiger partial charge in [-0.15, -0.1) is 0 Å². The maximum Gasteiger partial charge on any atom is 0.165 e. The molecule has 0 unspecified atom stereocenters. The molecule has 1 atom stereocenters. The lowest BCUT2D eigenvalue weighted by Gasteiger charge is -2.15. The van der Waals surface area contributed by atoms with E-state index in [1.807, 2.05) is 18.2 Å². The number of benzene rings is 2. The van der Waals surface area contributed by atoms with Crippen molar-refractivity contribution in [2.45, 2.75) is 19.5 Å². The lowest BCUT2D eigenvalue weighted by atomic mass is 10.1. The normalized spacial score (nSPS) is 12.2. The van der Waals surface area contributed by atoms with Gasteiger partial charge in [0, 0.05) is 17.1 Å². The number of ether oxygens (including phenoxy) is 1. The quantitative estimate of drug-likeness (QED) is 0.870. The number of nitrogens with one attached hydrogen (secondary N) is 1. The van der Waals surface area contributed by atoms with Crippen molar-refractivity contribution in [3.05, 3.63) is 63.9 Å². The van der Waals surface area contributed by atoms with Gasteiger partial charge in [-0.2, -0.15) is 0 Å². The molecule has 2 nitrogen and oxygen atoms in total. The van der Waals surface area contributed by atoms with E-state index in [1.54, 1.807) is 6.07 Å². The minimum atomic E-state index is -0.330. The summed E-state index contributed by atoms with van der Waals surface area (Å²) >= 11 is 3.42. The Hall–Kier alpha value is -1.39. The monoisotopic (exact) mass is 337 g/mol. The van der Waals surface area contributed by atoms with Gasteiger partial charge in [-0.25, -0.2) is 4.39 Å². The molecule has 0 saturated heterocycles. The summed E-state index contributed by atoms with van der Waals surface area (Å²) < 4.78 is 19.6. The zero-order valence-electron chi connectivity index (χ0n) is 11.5. The average molecular weight is 338 g/mol. The second-order valence-electron chi connectivity index (χ2n) is 4.62. The lowest BCUT2D eigenvalue weighted by Crippen LogP contribution is -2.18. The third kappa shape index (κ3) is 3.81. The van der Waals surface area contributed by atoms with Gasteiger partial charge in [0.25, 0.3) is 0 Å². The fourth-order valence-corrected chi connectivity index (χ4v) is 2.22. The van der Waals surface area contributed by atoms with Gasteiger partial charge < -0.3 is 10.1 Å². The van der Waals surface area contributed by atoms with E-state index in [0.29, 0.717) is 6.54 Å². The largest absolute Gasteiger partial charge is 0.494 e. The number of halogens is 2. The van der Waals surface area contributed by atoms with E-state index in [9.17, 15) is 4.39 Å². The molecule has 0 aromatic heterocycles. The Labute approximate surface area is 127 Å². The van der Waals surface area contributed by atoms with Crippen LogP contribution in [-0.4, -0.2) is 7.11 Å². The molecule has 2 rings (SSSR count). The van der Waals surface area contributed by atoms with Crippen molar-refractivity contribution >= 4 is 15.9 Å². The van der Waals surface area contributed by atoms with Crippen LogP contribution in [0.15, 0.2) is 46.9 Å². The Kier molecular flexibility index (Phi) is 5.15. The van der Waals surface area contributed by atoms with Crippen LogP contribution < -0.4 is 10.1 Å². The van der Waals surface area contributed by atoms with E-state index >= 15 is 0 Å². The molecule has 1 N–H and O–H groups in total. The molecule has 0 aliphatic carbocycles. The maximum atomic E-state index is 13.6. The second kappa shape index (κ2) is 6.86. The first-order chi connectivity index (χ1) is 9.60. The van der Waals surface area contributed by atoms with E-state index in [0.717, 1.165) is 10.0 Å². The standard InChI is InChI=1S/C16H17BrFNO/c1-11(13-4-6-14(17)7-5-13)19-10-12-3-8-16(20-2)15(18)9-12/h3-9,11,19H,10H2,1-2H3/t11-/m0/s1. The third-order valence-corrected chi connectivity index (χ3v) is 3.73. The van der Waals surface area contributed by atoms with E-state index < -0.39 is 0 Å². The van der Waals surface area contributed by atoms with Crippen molar-refractivity contribution in [3.8, 4) is 5.75 Å². The Morgan fingerprint density at radius 1 is 1.20 bits per heavy atom. The predicted octanol–water partition coefficient (Wildman–Crippen LogP) is 4.45. The SMILES string of the molecule is COc1ccc(CN[C@@H](C)c2ccc(Br)cc2)cc1F. The Bertz CT molecular complexity index is 571. The highest BCUT2D eigenvalue weighted by Gasteiger charge is 2.07. The first kappa shape index (κ1) is 15.0. The minimum Gasteiger partial charge on any atom is -0.494 e. The number of hydrogen-bond donors (Lipinski definition) is 1. The van der Waals surface area contributed by atoms with Crippen LogP contribution in [0.5, 0.6) is 5.75 Å². The van der Waals surface area contributed by atoms with E-state index in [1.165, 1.54) is 18.7 Å². The molecular formula is C16H17BrFNO. The summed E-state index contributed by atoms with van der Waals surface area (Å²) in [5.74, 6) is -0.0576. The summed E-state index contributed by atoms with van der Waals surface area (Å²) in [4.78, 5) is 0. The van der Waals surface area contributed by atoms with Crippen LogP contribution in [-0.2, 0) is 6.54 Å². The predicted molar refractivity (Wildman–Crippen MR) is 82.3 cm³/mol. The average Bonchev–Trinajstić information content (AvgIpc) is 2.45. The summed E-state index contributed by atoms with van der Waals surface area (Å²) in [5.41, 5.74) is 2.09. The van der Waals surface area contributed by atoms with Crippen molar-refractivity contribution in [2.75, 3.05) is 7.11 Å². The molecule has 0 radical (unpaired) electrons. The number of rotatable bonds is 5. The smallest absolute Gasteiger partial charge is 0.165 e. The Balaban J connectivity index is 1.97. The van der Waals surface area contributed by atoms with Crippen molar-refractivity contribution < 1.29 is 9.13 Å². The van der Waals surface area contributed by atoms with Gasteiger partial charge in [0.2, 0.25) is 0 Å². The molecular weight excluding hydrogens is 321 g/mol. The van der Waals surface area contributed by atoms with Crippen molar-refractivity contribution in [1.82, 2.24) is 5.32 Å². The molecule has 2 aromatic rings. The van der Waals surface area contributed by atoms with E-state index in [4.69, 9.17) is 4.74 Å². The van der Waals surface area contributed by atoms with Crippen LogP contribution in [0.4, 0.5) is 4.39 Å². The van der Waals surface area contributed by atoms with Crippen molar-refractivity contribution in [2.24, 2.45) is 0 Å². The van der Waals surface area contributed by atoms with E-state index in [2.05, 4.69) is 40.3 Å². The van der Waals surface area contributed by atoms with Crippen LogP contribution in [0.1, 0.15) is 24.1 Å². The van der Waals surface area contributed by atoms with Gasteiger partial charge in [-0.1, -0.05) is 34.1 Å². The van der Waals surface area contributed by atoms with Crippen LogP contribution >= 0.6 is 15.9 Å². The summed E-state index contributed by atoms with van der Waals surface area (Å²) in [6.45, 7) is 2.70. The highest BCUT2D eigenvalue weighted by Crippen LogP contribution is 2.19. The van der Waals surface area contributed by atoms with Gasteiger partial charge in [0.15, 0.2) is 11.6 Å². The van der Waals surface area contributed by atoms with Crippen LogP contribution in [0.25, 0.3) is 0 Å². The zero-order chi connectivity index (χ0) is 14.5. The van der Waals surface area contributed by atoms with Gasteiger partial charge in [0.05, 0.1) is 7.11 Å². The van der Waals surface area contributed by atoms with Crippen LogP contribution in [0.3, 0.4) is 0 Å². The topological polar surface area (TPSA) is 21.3 Å². The first-order valence-corrected chi connectivity index (χ1v) is 7.20. The van der Waals surface area contributed by atoms with Crippen LogP contribution in [0.2, 0.25) is 0 Å². The molecule has 20 heavy (non-hydrogen) atoms. The summed E-state index contributed by atoms with van der Waals surface area (Å²) in [7, 11) is 1.46. The van der Waals surface area contributed by atoms with Gasteiger partial charge in [-0.05, 0) is 42.3 Å². The van der Waals surface area contributed by atoms with Gasteiger partial charge in [-0.3, -0.25) is 0 Å². The summed E-state index contributed by atoms with van der Waals surface area (Å²) in [6, 6.07) is 13.4. The second-order valence-corrected chi connectivity index (χ2v) is 5.54. The molecule has 0 saturated carbocycles. The summed E-state index contributed by atoms with van der Waals surface area (Å²) in [5, 5.41) is 3.38. The molecule has 0 aliphatic heterocycles. The maximum absolute atomic E-state index is 13.6. The molecule has 0 aliphatic rings. The molecule has 0 heterocycles. The van der Waals surface area contributed by atoms with Crippen LogP contribution in [0, 0.1) is 5.82 Å². The summed E-state index contributed by atoms with van der Waals surface area (Å²) in [6.07, 6.45) is 0. The third-order valence-electron chi connectivity index (χ3n) is 3.20. The zero-order valence-corrected chi connectivity index (χ0v) is 13.1. The molecule has 0 amide bonds. The molecule has 0 fully saturated rings. The van der Waals surface area contributed by atoms with Gasteiger partial charge >= 0.3 is 0 Å². The molecule has 0 bridgehead atoms. The first-order valence-electron chi connectivity index (χ1n) is 6.41. The lowest BCUT2D eigenvalue weighted by molar-refractivity contribution is 0.386. The fraction of sp³-hybridized carbons (Fsp3) is 0.250. The number of hydrogen-bond acceptors (Lipinski definition) is 2. The molecule has 4 heteroatoms. The molecule has 2 aromatic carbocycles. The van der Waals surface area contributed by atoms with E-state index in [-0.39, 0.29) is 17.6 Å². The Morgan fingerprint density at radius 2 is 1.90 bits per heavy atom. The molecule has 0 spiro atoms. The van der Waals surface area contributed by atoms with Crippen molar-refractivity contribution in [1.29, 1.82) is 0 Å².